The molecule has 2 rings (SSSR count). The van der Waals surface area contributed by atoms with E-state index in [2.05, 4.69) is 17.4 Å². The van der Waals surface area contributed by atoms with Crippen LogP contribution < -0.4 is 5.32 Å². The fraction of sp³-hybridized carbons (Fsp3) is 0.500. The number of aliphatic carboxylic acids is 1. The summed E-state index contributed by atoms with van der Waals surface area (Å²) in [7, 11) is 1.32. The second-order valence-electron chi connectivity index (χ2n) is 5.36. The van der Waals surface area contributed by atoms with Crippen LogP contribution in [0, 0.1) is 0 Å². The van der Waals surface area contributed by atoms with E-state index in [1.165, 1.54) is 18.2 Å². The number of amides is 1. The molecule has 0 spiro atoms. The Balaban J connectivity index is 1.90. The highest BCUT2D eigenvalue weighted by molar-refractivity contribution is 5.78. The molecular weight excluding hydrogens is 270 g/mol. The van der Waals surface area contributed by atoms with Gasteiger partial charge >= 0.3 is 5.97 Å². The average molecular weight is 291 g/mol. The molecule has 0 heterocycles. The summed E-state index contributed by atoms with van der Waals surface area (Å²) in [5.41, 5.74) is 2.57. The normalized spacial score (nSPS) is 18.6. The van der Waals surface area contributed by atoms with E-state index in [1.807, 2.05) is 12.1 Å². The molecule has 0 saturated heterocycles. The number of hydrogen-bond acceptors (Lipinski definition) is 3. The molecule has 1 aliphatic rings. The summed E-state index contributed by atoms with van der Waals surface area (Å²) in [6, 6.07) is 8.23. The Bertz CT molecular complexity index is 515. The first-order chi connectivity index (χ1) is 10.1. The number of rotatable bonds is 6. The molecule has 2 unspecified atom stereocenters. The standard InChI is InChI=1S/C16H21NO4/c1-21-14(16(19)20)10-17-15(18)9-12-7-4-6-11-5-2-3-8-13(11)12/h2-3,5,8,12,14H,4,6-7,9-10H2,1H3,(H,17,18)(H,19,20). The van der Waals surface area contributed by atoms with Crippen LogP contribution in [-0.2, 0) is 20.7 Å². The Morgan fingerprint density at radius 1 is 1.43 bits per heavy atom. The van der Waals surface area contributed by atoms with Gasteiger partial charge in [-0.3, -0.25) is 4.79 Å². The van der Waals surface area contributed by atoms with Crippen molar-refractivity contribution in [3.63, 3.8) is 0 Å². The fourth-order valence-electron chi connectivity index (χ4n) is 2.84. The monoisotopic (exact) mass is 291 g/mol. The highest BCUT2D eigenvalue weighted by Gasteiger charge is 2.23. The molecule has 2 atom stereocenters. The molecule has 0 aromatic heterocycles. The second kappa shape index (κ2) is 7.22. The predicted molar refractivity (Wildman–Crippen MR) is 78.2 cm³/mol. The molecule has 5 heteroatoms. The molecule has 0 bridgehead atoms. The highest BCUT2D eigenvalue weighted by Crippen LogP contribution is 2.33. The second-order valence-corrected chi connectivity index (χ2v) is 5.36. The van der Waals surface area contributed by atoms with Crippen molar-refractivity contribution in [3.05, 3.63) is 35.4 Å². The SMILES string of the molecule is COC(CNC(=O)CC1CCCc2ccccc21)C(=O)O. The van der Waals surface area contributed by atoms with E-state index in [0.717, 1.165) is 19.3 Å². The maximum absolute atomic E-state index is 12.0. The summed E-state index contributed by atoms with van der Waals surface area (Å²) in [6.07, 6.45) is 2.56. The van der Waals surface area contributed by atoms with Gasteiger partial charge in [0.1, 0.15) is 0 Å². The quantitative estimate of drug-likeness (QED) is 0.836. The number of ether oxygens (including phenoxy) is 1. The van der Waals surface area contributed by atoms with Gasteiger partial charge in [-0.05, 0) is 36.3 Å². The molecule has 0 aliphatic heterocycles. The Morgan fingerprint density at radius 2 is 2.19 bits per heavy atom. The highest BCUT2D eigenvalue weighted by atomic mass is 16.5. The fourth-order valence-corrected chi connectivity index (χ4v) is 2.84. The van der Waals surface area contributed by atoms with E-state index in [0.29, 0.717) is 6.42 Å². The van der Waals surface area contributed by atoms with E-state index in [4.69, 9.17) is 9.84 Å². The Morgan fingerprint density at radius 3 is 2.90 bits per heavy atom. The van der Waals surface area contributed by atoms with Crippen LogP contribution in [-0.4, -0.2) is 36.7 Å². The molecule has 0 fully saturated rings. The number of carboxylic acid groups (broad SMARTS) is 1. The van der Waals surface area contributed by atoms with Crippen molar-refractivity contribution < 1.29 is 19.4 Å². The van der Waals surface area contributed by atoms with Gasteiger partial charge in [-0.25, -0.2) is 4.79 Å². The van der Waals surface area contributed by atoms with Crippen molar-refractivity contribution >= 4 is 11.9 Å². The first kappa shape index (κ1) is 15.5. The van der Waals surface area contributed by atoms with Gasteiger partial charge in [-0.15, -0.1) is 0 Å². The van der Waals surface area contributed by atoms with E-state index >= 15 is 0 Å². The van der Waals surface area contributed by atoms with Gasteiger partial charge in [0.05, 0.1) is 6.54 Å². The maximum Gasteiger partial charge on any atom is 0.334 e. The molecule has 114 valence electrons. The van der Waals surface area contributed by atoms with Crippen LogP contribution in [0.5, 0.6) is 0 Å². The number of methoxy groups -OCH3 is 1. The summed E-state index contributed by atoms with van der Waals surface area (Å²) in [6.45, 7) is -0.000959. The Kier molecular flexibility index (Phi) is 5.33. The number of fused-ring (bicyclic) bond motifs is 1. The summed E-state index contributed by atoms with van der Waals surface area (Å²) in [5.74, 6) is -0.971. The molecule has 5 nitrogen and oxygen atoms in total. The maximum atomic E-state index is 12.0. The van der Waals surface area contributed by atoms with Crippen LogP contribution in [0.25, 0.3) is 0 Å². The molecule has 2 N–H and O–H groups in total. The van der Waals surface area contributed by atoms with Crippen molar-refractivity contribution in [2.24, 2.45) is 0 Å². The molecule has 0 radical (unpaired) electrons. The van der Waals surface area contributed by atoms with Crippen molar-refractivity contribution in [2.45, 2.75) is 37.7 Å². The van der Waals surface area contributed by atoms with Crippen LogP contribution >= 0.6 is 0 Å². The lowest BCUT2D eigenvalue weighted by Gasteiger charge is -2.25. The van der Waals surface area contributed by atoms with Crippen molar-refractivity contribution in [2.75, 3.05) is 13.7 Å². The molecule has 0 saturated carbocycles. The van der Waals surface area contributed by atoms with Gasteiger partial charge in [-0.2, -0.15) is 0 Å². The molecule has 21 heavy (non-hydrogen) atoms. The third kappa shape index (κ3) is 4.04. The predicted octanol–water partition coefficient (Wildman–Crippen LogP) is 1.71. The minimum Gasteiger partial charge on any atom is -0.479 e. The number of nitrogens with one attached hydrogen (secondary N) is 1. The van der Waals surface area contributed by atoms with Crippen LogP contribution in [0.2, 0.25) is 0 Å². The number of aryl methyl sites for hydroxylation is 1. The summed E-state index contributed by atoms with van der Waals surface area (Å²) in [4.78, 5) is 22.8. The zero-order valence-electron chi connectivity index (χ0n) is 12.2. The smallest absolute Gasteiger partial charge is 0.334 e. The summed E-state index contributed by atoms with van der Waals surface area (Å²) in [5, 5.41) is 11.5. The van der Waals surface area contributed by atoms with Crippen molar-refractivity contribution in [3.8, 4) is 0 Å². The number of carbonyl (C=O) groups excluding carboxylic acids is 1. The molecule has 1 amide bonds. The third-order valence-corrected chi connectivity index (χ3v) is 3.97. The molecule has 1 aromatic carbocycles. The first-order valence-electron chi connectivity index (χ1n) is 7.22. The zero-order valence-corrected chi connectivity index (χ0v) is 12.2. The number of benzene rings is 1. The van der Waals surface area contributed by atoms with Gasteiger partial charge in [0, 0.05) is 13.5 Å². The number of hydrogen-bond donors (Lipinski definition) is 2. The first-order valence-corrected chi connectivity index (χ1v) is 7.22. The molecule has 1 aromatic rings. The topological polar surface area (TPSA) is 75.6 Å². The summed E-state index contributed by atoms with van der Waals surface area (Å²) >= 11 is 0. The lowest BCUT2D eigenvalue weighted by molar-refractivity contribution is -0.148. The van der Waals surface area contributed by atoms with Crippen LogP contribution in [0.1, 0.15) is 36.3 Å². The van der Waals surface area contributed by atoms with Crippen molar-refractivity contribution in [1.82, 2.24) is 5.32 Å². The third-order valence-electron chi connectivity index (χ3n) is 3.97. The Hall–Kier alpha value is -1.88. The van der Waals surface area contributed by atoms with Gasteiger partial charge in [0.25, 0.3) is 0 Å². The van der Waals surface area contributed by atoms with Gasteiger partial charge < -0.3 is 15.2 Å². The van der Waals surface area contributed by atoms with Gasteiger partial charge in [-0.1, -0.05) is 24.3 Å². The number of carboxylic acids is 1. The van der Waals surface area contributed by atoms with E-state index in [1.54, 1.807) is 0 Å². The van der Waals surface area contributed by atoms with E-state index < -0.39 is 12.1 Å². The Labute approximate surface area is 124 Å². The zero-order chi connectivity index (χ0) is 15.2. The van der Waals surface area contributed by atoms with E-state index in [-0.39, 0.29) is 18.4 Å². The summed E-state index contributed by atoms with van der Waals surface area (Å²) < 4.78 is 4.79. The van der Waals surface area contributed by atoms with Crippen LogP contribution in [0.15, 0.2) is 24.3 Å². The molecular formula is C16H21NO4. The lowest BCUT2D eigenvalue weighted by Crippen LogP contribution is -2.38. The lowest BCUT2D eigenvalue weighted by atomic mass is 9.81. The van der Waals surface area contributed by atoms with Crippen LogP contribution in [0.4, 0.5) is 0 Å². The largest absolute Gasteiger partial charge is 0.479 e. The van der Waals surface area contributed by atoms with Crippen LogP contribution in [0.3, 0.4) is 0 Å². The average Bonchev–Trinajstić information content (AvgIpc) is 2.48. The van der Waals surface area contributed by atoms with Crippen molar-refractivity contribution in [1.29, 1.82) is 0 Å². The minimum absolute atomic E-state index is 0.000959. The minimum atomic E-state index is -1.07. The van der Waals surface area contributed by atoms with Gasteiger partial charge in [0.15, 0.2) is 6.10 Å². The van der Waals surface area contributed by atoms with Gasteiger partial charge in [0.2, 0.25) is 5.91 Å². The molecule has 1 aliphatic carbocycles. The number of carbonyl (C=O) groups is 2. The van der Waals surface area contributed by atoms with E-state index in [9.17, 15) is 9.59 Å².